The molecule has 1 aromatic heterocycles. The smallest absolute Gasteiger partial charge is 0.186 e. The van der Waals surface area contributed by atoms with Gasteiger partial charge in [-0.05, 0) is 38.7 Å². The fraction of sp³-hybridized carbons (Fsp3) is 0.562. The number of hydrogen-bond acceptors (Lipinski definition) is 5. The molecular formula is C16H24N4S. The zero-order valence-electron chi connectivity index (χ0n) is 13.2. The van der Waals surface area contributed by atoms with Crippen LogP contribution in [-0.2, 0) is 0 Å². The highest BCUT2D eigenvalue weighted by atomic mass is 32.1. The van der Waals surface area contributed by atoms with Crippen LogP contribution in [0.15, 0.2) is 18.2 Å². The standard InChI is InChI=1S/C16H24N4S/c1-13-4-5-15-14(12-13)17-16(21-15)20-10-8-19(9-11-20)7-6-18(2)3/h4-5,12H,6-11H2,1-3H3. The first-order chi connectivity index (χ1) is 10.1. The van der Waals surface area contributed by atoms with E-state index in [2.05, 4.69) is 53.9 Å². The topological polar surface area (TPSA) is 22.6 Å². The molecule has 0 unspecified atom stereocenters. The van der Waals surface area contributed by atoms with Crippen LogP contribution in [-0.4, -0.2) is 68.1 Å². The Morgan fingerprint density at radius 2 is 1.95 bits per heavy atom. The first kappa shape index (κ1) is 14.8. The van der Waals surface area contributed by atoms with E-state index in [0.717, 1.165) is 38.2 Å². The molecule has 1 saturated heterocycles. The Labute approximate surface area is 131 Å². The zero-order valence-corrected chi connectivity index (χ0v) is 14.0. The van der Waals surface area contributed by atoms with E-state index in [1.807, 2.05) is 11.3 Å². The van der Waals surface area contributed by atoms with Crippen LogP contribution in [0.4, 0.5) is 5.13 Å². The Bertz CT molecular complexity index is 599. The van der Waals surface area contributed by atoms with E-state index < -0.39 is 0 Å². The van der Waals surface area contributed by atoms with Gasteiger partial charge >= 0.3 is 0 Å². The molecule has 2 heterocycles. The second kappa shape index (κ2) is 6.30. The maximum atomic E-state index is 4.81. The van der Waals surface area contributed by atoms with E-state index in [1.165, 1.54) is 21.9 Å². The number of rotatable bonds is 4. The molecule has 0 spiro atoms. The molecule has 0 radical (unpaired) electrons. The quantitative estimate of drug-likeness (QED) is 0.864. The van der Waals surface area contributed by atoms with Crippen molar-refractivity contribution in [3.05, 3.63) is 23.8 Å². The average Bonchev–Trinajstić information content (AvgIpc) is 2.88. The fourth-order valence-corrected chi connectivity index (χ4v) is 3.66. The number of piperazine rings is 1. The fourth-order valence-electron chi connectivity index (χ4n) is 2.66. The Balaban J connectivity index is 1.62. The van der Waals surface area contributed by atoms with Crippen LogP contribution in [0.5, 0.6) is 0 Å². The minimum Gasteiger partial charge on any atom is -0.345 e. The summed E-state index contributed by atoms with van der Waals surface area (Å²) in [6.07, 6.45) is 0. The minimum absolute atomic E-state index is 1.09. The van der Waals surface area contributed by atoms with Gasteiger partial charge < -0.3 is 9.80 Å². The van der Waals surface area contributed by atoms with E-state index in [0.29, 0.717) is 0 Å². The highest BCUT2D eigenvalue weighted by molar-refractivity contribution is 7.22. The first-order valence-corrected chi connectivity index (χ1v) is 8.43. The summed E-state index contributed by atoms with van der Waals surface area (Å²) < 4.78 is 1.30. The second-order valence-electron chi connectivity index (χ2n) is 6.10. The van der Waals surface area contributed by atoms with Crippen molar-refractivity contribution in [1.29, 1.82) is 0 Å². The van der Waals surface area contributed by atoms with Crippen LogP contribution in [0, 0.1) is 6.92 Å². The summed E-state index contributed by atoms with van der Waals surface area (Å²) in [7, 11) is 4.28. The number of anilines is 1. The number of fused-ring (bicyclic) bond motifs is 1. The summed E-state index contributed by atoms with van der Waals surface area (Å²) >= 11 is 1.82. The molecule has 0 saturated carbocycles. The van der Waals surface area contributed by atoms with Gasteiger partial charge in [-0.25, -0.2) is 4.98 Å². The molecule has 0 atom stereocenters. The third-order valence-electron chi connectivity index (χ3n) is 4.04. The summed E-state index contributed by atoms with van der Waals surface area (Å²) in [6, 6.07) is 6.55. The molecule has 3 rings (SSSR count). The van der Waals surface area contributed by atoms with Crippen molar-refractivity contribution >= 4 is 26.7 Å². The predicted octanol–water partition coefficient (Wildman–Crippen LogP) is 2.29. The van der Waals surface area contributed by atoms with Gasteiger partial charge in [0.2, 0.25) is 0 Å². The summed E-state index contributed by atoms with van der Waals surface area (Å²) in [5.41, 5.74) is 2.43. The second-order valence-corrected chi connectivity index (χ2v) is 7.11. The highest BCUT2D eigenvalue weighted by Gasteiger charge is 2.19. The number of aromatic nitrogens is 1. The summed E-state index contributed by atoms with van der Waals surface area (Å²) in [5, 5.41) is 1.18. The normalized spacial score (nSPS) is 17.0. The molecule has 0 N–H and O–H groups in total. The number of thiazole rings is 1. The third-order valence-corrected chi connectivity index (χ3v) is 5.14. The van der Waals surface area contributed by atoms with Crippen LogP contribution >= 0.6 is 11.3 Å². The Kier molecular flexibility index (Phi) is 4.42. The van der Waals surface area contributed by atoms with Gasteiger partial charge in [-0.3, -0.25) is 4.90 Å². The first-order valence-electron chi connectivity index (χ1n) is 7.61. The third kappa shape index (κ3) is 3.54. The van der Waals surface area contributed by atoms with Gasteiger partial charge in [-0.1, -0.05) is 17.4 Å². The maximum absolute atomic E-state index is 4.81. The van der Waals surface area contributed by atoms with Crippen molar-refractivity contribution in [1.82, 2.24) is 14.8 Å². The lowest BCUT2D eigenvalue weighted by atomic mass is 10.2. The molecule has 1 aliphatic rings. The van der Waals surface area contributed by atoms with Crippen molar-refractivity contribution in [2.75, 3.05) is 58.3 Å². The molecule has 1 fully saturated rings. The monoisotopic (exact) mass is 304 g/mol. The Hall–Kier alpha value is -1.17. The van der Waals surface area contributed by atoms with E-state index in [4.69, 9.17) is 4.98 Å². The molecule has 0 aliphatic carbocycles. The number of aryl methyl sites for hydroxylation is 1. The van der Waals surface area contributed by atoms with E-state index in [-0.39, 0.29) is 0 Å². The van der Waals surface area contributed by atoms with Gasteiger partial charge in [0.15, 0.2) is 5.13 Å². The van der Waals surface area contributed by atoms with Gasteiger partial charge in [0.05, 0.1) is 10.2 Å². The van der Waals surface area contributed by atoms with Crippen molar-refractivity contribution in [3.8, 4) is 0 Å². The largest absolute Gasteiger partial charge is 0.345 e. The molecule has 2 aromatic rings. The number of hydrogen-bond donors (Lipinski definition) is 0. The molecule has 21 heavy (non-hydrogen) atoms. The van der Waals surface area contributed by atoms with E-state index in [9.17, 15) is 0 Å². The Morgan fingerprint density at radius 3 is 2.67 bits per heavy atom. The van der Waals surface area contributed by atoms with Crippen LogP contribution in [0.3, 0.4) is 0 Å². The van der Waals surface area contributed by atoms with E-state index >= 15 is 0 Å². The van der Waals surface area contributed by atoms with Gasteiger partial charge in [-0.2, -0.15) is 0 Å². The van der Waals surface area contributed by atoms with Gasteiger partial charge in [0.1, 0.15) is 0 Å². The summed E-state index contributed by atoms with van der Waals surface area (Å²) in [6.45, 7) is 8.90. The Morgan fingerprint density at radius 1 is 1.19 bits per heavy atom. The molecule has 1 aliphatic heterocycles. The van der Waals surface area contributed by atoms with Crippen molar-refractivity contribution in [3.63, 3.8) is 0 Å². The highest BCUT2D eigenvalue weighted by Crippen LogP contribution is 2.29. The average molecular weight is 304 g/mol. The lowest BCUT2D eigenvalue weighted by Crippen LogP contribution is -2.48. The minimum atomic E-state index is 1.09. The molecular weight excluding hydrogens is 280 g/mol. The molecule has 4 nitrogen and oxygen atoms in total. The molecule has 5 heteroatoms. The van der Waals surface area contributed by atoms with E-state index in [1.54, 1.807) is 0 Å². The molecule has 0 bridgehead atoms. The zero-order chi connectivity index (χ0) is 14.8. The number of benzene rings is 1. The van der Waals surface area contributed by atoms with Gasteiger partial charge in [-0.15, -0.1) is 0 Å². The maximum Gasteiger partial charge on any atom is 0.186 e. The lowest BCUT2D eigenvalue weighted by Gasteiger charge is -2.35. The number of nitrogens with zero attached hydrogens (tertiary/aromatic N) is 4. The van der Waals surface area contributed by atoms with Gasteiger partial charge in [0.25, 0.3) is 0 Å². The summed E-state index contributed by atoms with van der Waals surface area (Å²) in [5.74, 6) is 0. The molecule has 0 amide bonds. The van der Waals surface area contributed by atoms with Crippen molar-refractivity contribution < 1.29 is 0 Å². The van der Waals surface area contributed by atoms with Gasteiger partial charge in [0, 0.05) is 39.3 Å². The predicted molar refractivity (Wildman–Crippen MR) is 91.6 cm³/mol. The van der Waals surface area contributed by atoms with Crippen LogP contribution in [0.1, 0.15) is 5.56 Å². The van der Waals surface area contributed by atoms with Crippen molar-refractivity contribution in [2.24, 2.45) is 0 Å². The van der Waals surface area contributed by atoms with Crippen LogP contribution in [0.25, 0.3) is 10.2 Å². The van der Waals surface area contributed by atoms with Crippen LogP contribution < -0.4 is 4.90 Å². The summed E-state index contributed by atoms with van der Waals surface area (Å²) in [4.78, 5) is 12.1. The SMILES string of the molecule is Cc1ccc2sc(N3CCN(CCN(C)C)CC3)nc2c1. The molecule has 114 valence electrons. The van der Waals surface area contributed by atoms with Crippen molar-refractivity contribution in [2.45, 2.75) is 6.92 Å². The molecule has 1 aromatic carbocycles. The lowest BCUT2D eigenvalue weighted by molar-refractivity contribution is 0.229. The number of likely N-dealkylation sites (N-methyl/N-ethyl adjacent to an activating group) is 1. The van der Waals surface area contributed by atoms with Crippen LogP contribution in [0.2, 0.25) is 0 Å².